The number of hydrogen-bond acceptors (Lipinski definition) is 3. The molecule has 0 bridgehead atoms. The van der Waals surface area contributed by atoms with Gasteiger partial charge in [0.2, 0.25) is 5.91 Å². The van der Waals surface area contributed by atoms with E-state index in [-0.39, 0.29) is 11.8 Å². The summed E-state index contributed by atoms with van der Waals surface area (Å²) >= 11 is 0. The predicted molar refractivity (Wildman–Crippen MR) is 99.1 cm³/mol. The van der Waals surface area contributed by atoms with Crippen LogP contribution in [-0.2, 0) is 4.79 Å². The maximum Gasteiger partial charge on any atom is 0.271 e. The molecule has 0 unspecified atom stereocenters. The van der Waals surface area contributed by atoms with Crippen LogP contribution < -0.4 is 10.7 Å². The number of amides is 2. The number of hydrogen-bond donors (Lipinski definition) is 2. The predicted octanol–water partition coefficient (Wildman–Crippen LogP) is 4.05. The van der Waals surface area contributed by atoms with Crippen LogP contribution in [0.2, 0.25) is 0 Å². The van der Waals surface area contributed by atoms with Crippen LogP contribution in [-0.4, -0.2) is 18.0 Å². The molecule has 0 spiro atoms. The number of benzene rings is 1. The first-order chi connectivity index (χ1) is 11.4. The average molecular weight is 327 g/mol. The third-order valence-corrected chi connectivity index (χ3v) is 3.16. The Bertz CT molecular complexity index is 652. The normalized spacial score (nSPS) is 11.2. The smallest absolute Gasteiger partial charge is 0.271 e. The quantitative estimate of drug-likeness (QED) is 0.450. The fourth-order valence-corrected chi connectivity index (χ4v) is 1.90. The van der Waals surface area contributed by atoms with Crippen molar-refractivity contribution in [1.29, 1.82) is 0 Å². The van der Waals surface area contributed by atoms with Crippen molar-refractivity contribution in [3.63, 3.8) is 0 Å². The second-order valence-corrected chi connectivity index (χ2v) is 5.81. The van der Waals surface area contributed by atoms with E-state index in [0.717, 1.165) is 12.8 Å². The SMILES string of the molecule is CC(=O)Nc1ccc(C(=O)N/N=C/C=C(\C)CCC=C(C)C)cc1. The lowest BCUT2D eigenvalue weighted by molar-refractivity contribution is -0.114. The van der Waals surface area contributed by atoms with Crippen molar-refractivity contribution in [3.8, 4) is 0 Å². The van der Waals surface area contributed by atoms with Gasteiger partial charge < -0.3 is 5.32 Å². The van der Waals surface area contributed by atoms with Gasteiger partial charge in [0.05, 0.1) is 0 Å². The number of nitrogens with one attached hydrogen (secondary N) is 2. The van der Waals surface area contributed by atoms with Gasteiger partial charge >= 0.3 is 0 Å². The highest BCUT2D eigenvalue weighted by Crippen LogP contribution is 2.09. The van der Waals surface area contributed by atoms with E-state index >= 15 is 0 Å². The van der Waals surface area contributed by atoms with E-state index in [1.807, 2.05) is 13.0 Å². The van der Waals surface area contributed by atoms with Gasteiger partial charge in [0, 0.05) is 24.4 Å². The Kier molecular flexibility index (Phi) is 8.19. The van der Waals surface area contributed by atoms with E-state index in [1.54, 1.807) is 30.5 Å². The molecule has 1 aromatic rings. The lowest BCUT2D eigenvalue weighted by Gasteiger charge is -2.03. The van der Waals surface area contributed by atoms with Crippen LogP contribution in [0.1, 0.15) is 50.9 Å². The first-order valence-electron chi connectivity index (χ1n) is 7.88. The Hall–Kier alpha value is -2.69. The standard InChI is InChI=1S/C19H25N3O2/c1-14(2)6-5-7-15(3)12-13-20-22-19(24)17-8-10-18(11-9-17)21-16(4)23/h6,8-13H,5,7H2,1-4H3,(H,21,23)(H,22,24)/b15-12+,20-13+. The summed E-state index contributed by atoms with van der Waals surface area (Å²) in [5, 5.41) is 6.56. The van der Waals surface area contributed by atoms with Gasteiger partial charge in [0.15, 0.2) is 0 Å². The molecule has 24 heavy (non-hydrogen) atoms. The number of hydrazone groups is 1. The molecule has 0 saturated carbocycles. The molecule has 0 aliphatic carbocycles. The van der Waals surface area contributed by atoms with Crippen molar-refractivity contribution in [2.75, 3.05) is 5.32 Å². The van der Waals surface area contributed by atoms with Gasteiger partial charge in [-0.3, -0.25) is 9.59 Å². The Balaban J connectivity index is 2.47. The Morgan fingerprint density at radius 3 is 2.33 bits per heavy atom. The fraction of sp³-hybridized carbons (Fsp3) is 0.316. The molecular formula is C19H25N3O2. The molecule has 1 aromatic carbocycles. The van der Waals surface area contributed by atoms with Crippen molar-refractivity contribution >= 4 is 23.7 Å². The summed E-state index contributed by atoms with van der Waals surface area (Å²) in [6.45, 7) is 7.63. The molecule has 0 aromatic heterocycles. The van der Waals surface area contributed by atoms with E-state index in [4.69, 9.17) is 0 Å². The third kappa shape index (κ3) is 8.08. The maximum atomic E-state index is 11.9. The zero-order valence-electron chi connectivity index (χ0n) is 14.7. The molecular weight excluding hydrogens is 302 g/mol. The summed E-state index contributed by atoms with van der Waals surface area (Å²) in [5.74, 6) is -0.445. The van der Waals surface area contributed by atoms with Gasteiger partial charge in [0.25, 0.3) is 5.91 Å². The number of anilines is 1. The molecule has 5 heteroatoms. The van der Waals surface area contributed by atoms with Crippen molar-refractivity contribution in [2.24, 2.45) is 5.10 Å². The van der Waals surface area contributed by atoms with Crippen LogP contribution in [0.4, 0.5) is 5.69 Å². The van der Waals surface area contributed by atoms with E-state index in [0.29, 0.717) is 11.3 Å². The summed E-state index contributed by atoms with van der Waals surface area (Å²) < 4.78 is 0. The number of rotatable bonds is 7. The van der Waals surface area contributed by atoms with Crippen LogP contribution >= 0.6 is 0 Å². The zero-order chi connectivity index (χ0) is 17.9. The molecule has 0 heterocycles. The minimum absolute atomic E-state index is 0.149. The molecule has 0 aliphatic rings. The Labute approximate surface area is 143 Å². The zero-order valence-corrected chi connectivity index (χ0v) is 14.7. The molecule has 2 N–H and O–H groups in total. The highest BCUT2D eigenvalue weighted by atomic mass is 16.2. The minimum atomic E-state index is -0.295. The van der Waals surface area contributed by atoms with E-state index in [1.165, 1.54) is 18.1 Å². The van der Waals surface area contributed by atoms with Crippen molar-refractivity contribution < 1.29 is 9.59 Å². The van der Waals surface area contributed by atoms with E-state index in [9.17, 15) is 9.59 Å². The summed E-state index contributed by atoms with van der Waals surface area (Å²) in [7, 11) is 0. The summed E-state index contributed by atoms with van der Waals surface area (Å²) in [4.78, 5) is 22.9. The molecule has 128 valence electrons. The van der Waals surface area contributed by atoms with Crippen LogP contribution in [0.25, 0.3) is 0 Å². The van der Waals surface area contributed by atoms with Crippen LogP contribution in [0.15, 0.2) is 52.7 Å². The van der Waals surface area contributed by atoms with Crippen molar-refractivity contribution in [1.82, 2.24) is 5.43 Å². The highest BCUT2D eigenvalue weighted by Gasteiger charge is 2.04. The van der Waals surface area contributed by atoms with Crippen LogP contribution in [0.3, 0.4) is 0 Å². The lowest BCUT2D eigenvalue weighted by atomic mass is 10.1. The summed E-state index contributed by atoms with van der Waals surface area (Å²) in [6, 6.07) is 6.62. The van der Waals surface area contributed by atoms with Gasteiger partial charge in [-0.15, -0.1) is 0 Å². The van der Waals surface area contributed by atoms with E-state index < -0.39 is 0 Å². The van der Waals surface area contributed by atoms with Gasteiger partial charge in [-0.1, -0.05) is 17.2 Å². The van der Waals surface area contributed by atoms with Crippen LogP contribution in [0.5, 0.6) is 0 Å². The Morgan fingerprint density at radius 1 is 1.08 bits per heavy atom. The van der Waals surface area contributed by atoms with Gasteiger partial charge in [-0.2, -0.15) is 5.10 Å². The lowest BCUT2D eigenvalue weighted by Crippen LogP contribution is -2.17. The van der Waals surface area contributed by atoms with Gasteiger partial charge in [0.1, 0.15) is 0 Å². The first-order valence-corrected chi connectivity index (χ1v) is 7.88. The maximum absolute atomic E-state index is 11.9. The molecule has 0 atom stereocenters. The average Bonchev–Trinajstić information content (AvgIpc) is 2.51. The fourth-order valence-electron chi connectivity index (χ4n) is 1.90. The van der Waals surface area contributed by atoms with Crippen molar-refractivity contribution in [3.05, 3.63) is 53.1 Å². The first kappa shape index (κ1) is 19.4. The van der Waals surface area contributed by atoms with Crippen molar-refractivity contribution in [2.45, 2.75) is 40.5 Å². The van der Waals surface area contributed by atoms with E-state index in [2.05, 4.69) is 35.8 Å². The monoisotopic (exact) mass is 327 g/mol. The number of allylic oxidation sites excluding steroid dienone is 4. The summed E-state index contributed by atoms with van der Waals surface area (Å²) in [5.41, 5.74) is 6.12. The second kappa shape index (κ2) is 10.2. The summed E-state index contributed by atoms with van der Waals surface area (Å²) in [6.07, 6.45) is 7.64. The Morgan fingerprint density at radius 2 is 1.75 bits per heavy atom. The second-order valence-electron chi connectivity index (χ2n) is 5.81. The van der Waals surface area contributed by atoms with Gasteiger partial charge in [-0.25, -0.2) is 5.43 Å². The molecule has 0 fully saturated rings. The highest BCUT2D eigenvalue weighted by molar-refractivity contribution is 5.95. The topological polar surface area (TPSA) is 70.6 Å². The third-order valence-electron chi connectivity index (χ3n) is 3.16. The van der Waals surface area contributed by atoms with Crippen LogP contribution in [0, 0.1) is 0 Å². The van der Waals surface area contributed by atoms with Gasteiger partial charge in [-0.05, 0) is 64.0 Å². The molecule has 5 nitrogen and oxygen atoms in total. The number of nitrogens with zero attached hydrogens (tertiary/aromatic N) is 1. The minimum Gasteiger partial charge on any atom is -0.326 e. The largest absolute Gasteiger partial charge is 0.326 e. The molecule has 0 aliphatic heterocycles. The molecule has 1 rings (SSSR count). The molecule has 0 radical (unpaired) electrons. The number of carbonyl (C=O) groups is 2. The molecule has 2 amide bonds. The molecule has 0 saturated heterocycles. The number of carbonyl (C=O) groups excluding carboxylic acids is 2.